The van der Waals surface area contributed by atoms with Crippen LogP contribution in [0, 0.1) is 23.0 Å². The molecule has 10 nitrogen and oxygen atoms in total. The zero-order chi connectivity index (χ0) is 29.4. The van der Waals surface area contributed by atoms with Crippen LogP contribution in [0.2, 0.25) is 0 Å². The van der Waals surface area contributed by atoms with Crippen LogP contribution < -0.4 is 20.7 Å². The van der Waals surface area contributed by atoms with Gasteiger partial charge in [-0.25, -0.2) is 8.78 Å². The summed E-state index contributed by atoms with van der Waals surface area (Å²) in [5.74, 6) is -0.574. The molecular formula is C30H30F2N8O2S. The Morgan fingerprint density at radius 1 is 1.16 bits per heavy atom. The Morgan fingerprint density at radius 3 is 2.70 bits per heavy atom. The molecule has 222 valence electrons. The van der Waals surface area contributed by atoms with Crippen molar-refractivity contribution < 1.29 is 18.3 Å². The second-order valence-corrected chi connectivity index (χ2v) is 12.9. The van der Waals surface area contributed by atoms with Gasteiger partial charge < -0.3 is 30.3 Å². The van der Waals surface area contributed by atoms with Crippen molar-refractivity contribution >= 4 is 43.1 Å². The molecule has 0 amide bonds. The van der Waals surface area contributed by atoms with E-state index in [2.05, 4.69) is 38.2 Å². The summed E-state index contributed by atoms with van der Waals surface area (Å²) >= 11 is 0.956. The Labute approximate surface area is 250 Å². The molecule has 0 aliphatic carbocycles. The molecule has 0 radical (unpaired) electrons. The minimum Gasteiger partial charge on any atom is -0.462 e. The van der Waals surface area contributed by atoms with Gasteiger partial charge in [0.1, 0.15) is 29.0 Å². The van der Waals surface area contributed by atoms with E-state index in [-0.39, 0.29) is 74.8 Å². The Morgan fingerprint density at radius 2 is 1.95 bits per heavy atom. The minimum absolute atomic E-state index is 0.0830. The summed E-state index contributed by atoms with van der Waals surface area (Å²) in [5.41, 5.74) is 7.98. The number of likely N-dealkylation sites (N-methyl/N-ethyl adjacent to an activating group) is 1. The van der Waals surface area contributed by atoms with E-state index in [1.165, 1.54) is 0 Å². The van der Waals surface area contributed by atoms with E-state index >= 15 is 4.39 Å². The first kappa shape index (κ1) is 26.9. The zero-order valence-electron chi connectivity index (χ0n) is 23.6. The molecular weight excluding hydrogens is 574 g/mol. The lowest BCUT2D eigenvalue weighted by molar-refractivity contribution is 0.135. The van der Waals surface area contributed by atoms with Crippen molar-refractivity contribution in [3.05, 3.63) is 34.5 Å². The Bertz CT molecular complexity index is 1830. The number of nitrogens with one attached hydrogen (secondary N) is 1. The maximum Gasteiger partial charge on any atom is 0.319 e. The topological polar surface area (TPSA) is 125 Å². The van der Waals surface area contributed by atoms with Crippen molar-refractivity contribution in [2.45, 2.75) is 57.0 Å². The van der Waals surface area contributed by atoms with Crippen molar-refractivity contribution in [2.75, 3.05) is 43.9 Å². The summed E-state index contributed by atoms with van der Waals surface area (Å²) < 4.78 is 44.3. The van der Waals surface area contributed by atoms with Crippen LogP contribution in [0.3, 0.4) is 0 Å². The second kappa shape index (κ2) is 10.2. The third-order valence-corrected chi connectivity index (χ3v) is 10.5. The summed E-state index contributed by atoms with van der Waals surface area (Å²) in [6, 6.07) is 2.86. The van der Waals surface area contributed by atoms with Crippen molar-refractivity contribution in [3.8, 4) is 23.3 Å². The zero-order valence-corrected chi connectivity index (χ0v) is 24.4. The number of aromatic nitrogens is 3. The number of thiophene rings is 1. The standard InChI is InChI=1S/C30H30F2N8O2S/c1-39-6-2-3-16(39)11-42-30-37-26-23(29(38-30)40-14-4-5-15(40)9-35-8-14)19-13-41-12-18(19)21(24(26)32)25-22-17(7-33)28(34)43-27(22)20(31)10-36-25/h10,14-16,35H,2-6,8-9,11-13,34H2,1H3/t14?,15?,16-/m0/s1. The maximum absolute atomic E-state index is 17.1. The number of piperazine rings is 1. The lowest BCUT2D eigenvalue weighted by Gasteiger charge is -2.37. The third kappa shape index (κ3) is 4.07. The van der Waals surface area contributed by atoms with Crippen LogP contribution in [0.25, 0.3) is 32.2 Å². The number of likely N-dealkylation sites (tertiary alicyclic amines) is 1. The van der Waals surface area contributed by atoms with E-state index in [1.54, 1.807) is 0 Å². The highest BCUT2D eigenvalue weighted by molar-refractivity contribution is 7.23. The number of nitrogen functional groups attached to an aromatic ring is 1. The number of hydrogen-bond donors (Lipinski definition) is 2. The van der Waals surface area contributed by atoms with Gasteiger partial charge in [0.15, 0.2) is 11.6 Å². The highest BCUT2D eigenvalue weighted by Gasteiger charge is 2.40. The minimum atomic E-state index is -0.623. The second-order valence-electron chi connectivity index (χ2n) is 11.8. The number of nitrogens with two attached hydrogens (primary N) is 1. The highest BCUT2D eigenvalue weighted by atomic mass is 32.1. The van der Waals surface area contributed by atoms with Gasteiger partial charge in [-0.2, -0.15) is 15.2 Å². The van der Waals surface area contributed by atoms with Crippen molar-refractivity contribution in [1.29, 1.82) is 5.26 Å². The smallest absolute Gasteiger partial charge is 0.319 e. The first-order valence-corrected chi connectivity index (χ1v) is 15.5. The monoisotopic (exact) mass is 604 g/mol. The first-order chi connectivity index (χ1) is 20.9. The van der Waals surface area contributed by atoms with Gasteiger partial charge in [0.2, 0.25) is 0 Å². The number of ether oxygens (including phenoxy) is 2. The van der Waals surface area contributed by atoms with Gasteiger partial charge in [0, 0.05) is 42.2 Å². The molecule has 3 fully saturated rings. The molecule has 3 N–H and O–H groups in total. The molecule has 3 aromatic heterocycles. The molecule has 3 atom stereocenters. The van der Waals surface area contributed by atoms with Crippen LogP contribution in [0.15, 0.2) is 6.20 Å². The summed E-state index contributed by atoms with van der Waals surface area (Å²) in [7, 11) is 2.07. The molecule has 1 aromatic carbocycles. The number of nitrogens with zero attached hydrogens (tertiary/aromatic N) is 6. The fourth-order valence-corrected chi connectivity index (χ4v) is 8.28. The molecule has 2 unspecified atom stereocenters. The van der Waals surface area contributed by atoms with Crippen molar-refractivity contribution in [3.63, 3.8) is 0 Å². The number of rotatable bonds is 5. The third-order valence-electron chi connectivity index (χ3n) is 9.50. The Kier molecular flexibility index (Phi) is 6.38. The molecule has 4 aliphatic rings. The molecule has 4 aromatic rings. The molecule has 3 saturated heterocycles. The van der Waals surface area contributed by atoms with Crippen molar-refractivity contribution in [2.24, 2.45) is 0 Å². The maximum atomic E-state index is 17.1. The number of pyridine rings is 1. The number of anilines is 2. The predicted molar refractivity (Wildman–Crippen MR) is 159 cm³/mol. The van der Waals surface area contributed by atoms with Gasteiger partial charge in [-0.05, 0) is 50.4 Å². The van der Waals surface area contributed by atoms with Crippen LogP contribution in [-0.2, 0) is 18.0 Å². The molecule has 7 heterocycles. The van der Waals surface area contributed by atoms with Gasteiger partial charge in [0.25, 0.3) is 0 Å². The molecule has 2 bridgehead atoms. The lowest BCUT2D eigenvalue weighted by atomic mass is 9.93. The molecule has 8 rings (SSSR count). The predicted octanol–water partition coefficient (Wildman–Crippen LogP) is 4.08. The van der Waals surface area contributed by atoms with E-state index in [9.17, 15) is 9.65 Å². The van der Waals surface area contributed by atoms with Gasteiger partial charge in [-0.1, -0.05) is 0 Å². The van der Waals surface area contributed by atoms with Crippen LogP contribution in [-0.4, -0.2) is 71.3 Å². The number of benzene rings is 1. The van der Waals surface area contributed by atoms with E-state index in [4.69, 9.17) is 20.2 Å². The molecule has 0 spiro atoms. The fourth-order valence-electron chi connectivity index (χ4n) is 7.36. The SMILES string of the molecule is CN1CCC[C@H]1COc1nc(N2C3CCC2CNC3)c2c3c(c(-c4ncc(F)c5sc(N)c(C#N)c45)c(F)c2n1)COC3. The van der Waals surface area contributed by atoms with Crippen molar-refractivity contribution in [1.82, 2.24) is 25.2 Å². The number of nitriles is 1. The van der Waals surface area contributed by atoms with Gasteiger partial charge in [-0.15, -0.1) is 11.3 Å². The lowest BCUT2D eigenvalue weighted by Crippen LogP contribution is -2.52. The van der Waals surface area contributed by atoms with E-state index in [1.807, 2.05) is 0 Å². The normalized spacial score (nSPS) is 23.4. The average Bonchev–Trinajstić information content (AvgIpc) is 3.78. The fraction of sp³-hybridized carbons (Fsp3) is 0.467. The summed E-state index contributed by atoms with van der Waals surface area (Å²) in [6.07, 6.45) is 5.19. The summed E-state index contributed by atoms with van der Waals surface area (Å²) in [4.78, 5) is 18.6. The summed E-state index contributed by atoms with van der Waals surface area (Å²) in [6.45, 7) is 3.42. The van der Waals surface area contributed by atoms with Gasteiger partial charge in [0.05, 0.1) is 40.8 Å². The van der Waals surface area contributed by atoms with Crippen LogP contribution in [0.4, 0.5) is 19.6 Å². The van der Waals surface area contributed by atoms with Crippen LogP contribution in [0.1, 0.15) is 42.4 Å². The Balaban J connectivity index is 1.38. The largest absolute Gasteiger partial charge is 0.462 e. The quantitative estimate of drug-likeness (QED) is 0.344. The van der Waals surface area contributed by atoms with Crippen LogP contribution in [0.5, 0.6) is 6.01 Å². The number of halogens is 2. The van der Waals surface area contributed by atoms with Gasteiger partial charge in [-0.3, -0.25) is 4.98 Å². The number of hydrogen-bond acceptors (Lipinski definition) is 11. The van der Waals surface area contributed by atoms with E-state index < -0.39 is 11.6 Å². The first-order valence-electron chi connectivity index (χ1n) is 14.7. The Hall–Kier alpha value is -3.70. The molecule has 4 aliphatic heterocycles. The average molecular weight is 605 g/mol. The van der Waals surface area contributed by atoms with Crippen LogP contribution >= 0.6 is 11.3 Å². The number of fused-ring (bicyclic) bond motifs is 6. The van der Waals surface area contributed by atoms with Gasteiger partial charge >= 0.3 is 6.01 Å². The summed E-state index contributed by atoms with van der Waals surface area (Å²) in [5, 5.41) is 14.4. The molecule has 43 heavy (non-hydrogen) atoms. The van der Waals surface area contributed by atoms with E-state index in [0.29, 0.717) is 23.4 Å². The van der Waals surface area contributed by atoms with E-state index in [0.717, 1.165) is 68.4 Å². The highest BCUT2D eigenvalue weighted by Crippen LogP contribution is 2.47. The molecule has 0 saturated carbocycles. The molecule has 13 heteroatoms.